The summed E-state index contributed by atoms with van der Waals surface area (Å²) in [5.74, 6) is 1.58. The minimum absolute atomic E-state index is 0.191. The molecule has 0 radical (unpaired) electrons. The van der Waals surface area contributed by atoms with E-state index < -0.39 is 0 Å². The first-order valence-corrected chi connectivity index (χ1v) is 6.17. The predicted molar refractivity (Wildman–Crippen MR) is 64.8 cm³/mol. The highest BCUT2D eigenvalue weighted by molar-refractivity contribution is 5.11. The van der Waals surface area contributed by atoms with Crippen LogP contribution in [-0.2, 0) is 9.47 Å². The summed E-state index contributed by atoms with van der Waals surface area (Å²) in [6.07, 6.45) is 8.52. The van der Waals surface area contributed by atoms with E-state index in [9.17, 15) is 0 Å². The molecule has 3 unspecified atom stereocenters. The summed E-state index contributed by atoms with van der Waals surface area (Å²) in [5, 5.41) is 0. The molecule has 2 heteroatoms. The molecule has 0 N–H and O–H groups in total. The molecule has 2 nitrogen and oxygen atoms in total. The summed E-state index contributed by atoms with van der Waals surface area (Å²) in [5.41, 5.74) is 0.378. The molecule has 0 spiro atoms. The van der Waals surface area contributed by atoms with Gasteiger partial charge in [-0.25, -0.2) is 0 Å². The van der Waals surface area contributed by atoms with Gasteiger partial charge in [0.2, 0.25) is 6.29 Å². The average Bonchev–Trinajstić information content (AvgIpc) is 2.19. The molecule has 16 heavy (non-hydrogen) atoms. The van der Waals surface area contributed by atoms with E-state index in [1.807, 2.05) is 19.1 Å². The summed E-state index contributed by atoms with van der Waals surface area (Å²) in [4.78, 5) is 0. The number of hydrogen-bond acceptors (Lipinski definition) is 2. The highest BCUT2D eigenvalue weighted by Crippen LogP contribution is 2.43. The van der Waals surface area contributed by atoms with E-state index in [1.165, 1.54) is 0 Å². The Morgan fingerprint density at radius 1 is 1.44 bits per heavy atom. The SMILES string of the molecule is CC=CC1OC2=CCC(C)(C)CC2C(C)O1. The lowest BCUT2D eigenvalue weighted by Gasteiger charge is -2.42. The minimum atomic E-state index is -0.191. The molecular formula is C14H22O2. The molecule has 0 amide bonds. The lowest BCUT2D eigenvalue weighted by atomic mass is 9.73. The lowest BCUT2D eigenvalue weighted by molar-refractivity contribution is -0.182. The van der Waals surface area contributed by atoms with Crippen LogP contribution in [0.3, 0.4) is 0 Å². The Bertz CT molecular complexity index is 315. The van der Waals surface area contributed by atoms with Crippen molar-refractivity contribution in [3.05, 3.63) is 24.0 Å². The Balaban J connectivity index is 2.15. The van der Waals surface area contributed by atoms with Crippen LogP contribution in [0.2, 0.25) is 0 Å². The van der Waals surface area contributed by atoms with Crippen molar-refractivity contribution in [1.82, 2.24) is 0 Å². The van der Waals surface area contributed by atoms with E-state index in [0.29, 0.717) is 11.3 Å². The number of allylic oxidation sites excluding steroid dienone is 2. The zero-order chi connectivity index (χ0) is 11.8. The van der Waals surface area contributed by atoms with Gasteiger partial charge in [-0.2, -0.15) is 0 Å². The van der Waals surface area contributed by atoms with Gasteiger partial charge < -0.3 is 9.47 Å². The van der Waals surface area contributed by atoms with Gasteiger partial charge in [0.15, 0.2) is 0 Å². The number of hydrogen-bond donors (Lipinski definition) is 0. The van der Waals surface area contributed by atoms with E-state index in [2.05, 4.69) is 26.8 Å². The molecule has 90 valence electrons. The highest BCUT2D eigenvalue weighted by Gasteiger charge is 2.39. The van der Waals surface area contributed by atoms with E-state index in [4.69, 9.17) is 9.47 Å². The van der Waals surface area contributed by atoms with E-state index in [0.717, 1.165) is 18.6 Å². The third-order valence-corrected chi connectivity index (χ3v) is 3.51. The second kappa shape index (κ2) is 4.25. The van der Waals surface area contributed by atoms with Crippen molar-refractivity contribution < 1.29 is 9.47 Å². The van der Waals surface area contributed by atoms with Gasteiger partial charge in [-0.05, 0) is 44.3 Å². The molecule has 1 heterocycles. The van der Waals surface area contributed by atoms with Crippen LogP contribution in [0.25, 0.3) is 0 Å². The molecule has 0 bridgehead atoms. The molecular weight excluding hydrogens is 200 g/mol. The summed E-state index contributed by atoms with van der Waals surface area (Å²) >= 11 is 0. The molecule has 1 aliphatic heterocycles. The van der Waals surface area contributed by atoms with Gasteiger partial charge in [0.05, 0.1) is 6.10 Å². The fourth-order valence-electron chi connectivity index (χ4n) is 2.55. The summed E-state index contributed by atoms with van der Waals surface area (Å²) < 4.78 is 11.7. The van der Waals surface area contributed by atoms with E-state index in [-0.39, 0.29) is 12.4 Å². The normalized spacial score (nSPS) is 37.8. The Kier molecular flexibility index (Phi) is 3.11. The average molecular weight is 222 g/mol. The Labute approximate surface area is 98.3 Å². The number of rotatable bonds is 1. The van der Waals surface area contributed by atoms with Gasteiger partial charge in [-0.3, -0.25) is 0 Å². The highest BCUT2D eigenvalue weighted by atomic mass is 16.7. The summed E-state index contributed by atoms with van der Waals surface area (Å²) in [7, 11) is 0. The molecule has 0 aromatic carbocycles. The molecule has 2 rings (SSSR count). The van der Waals surface area contributed by atoms with Gasteiger partial charge in [-0.15, -0.1) is 0 Å². The zero-order valence-electron chi connectivity index (χ0n) is 10.7. The van der Waals surface area contributed by atoms with Crippen LogP contribution in [0.5, 0.6) is 0 Å². The van der Waals surface area contributed by atoms with Crippen LogP contribution in [-0.4, -0.2) is 12.4 Å². The first kappa shape index (κ1) is 11.7. The maximum absolute atomic E-state index is 5.85. The second-order valence-electron chi connectivity index (χ2n) is 5.64. The minimum Gasteiger partial charge on any atom is -0.466 e. The second-order valence-corrected chi connectivity index (χ2v) is 5.64. The monoisotopic (exact) mass is 222 g/mol. The Morgan fingerprint density at radius 2 is 2.19 bits per heavy atom. The molecule has 3 atom stereocenters. The van der Waals surface area contributed by atoms with Crippen LogP contribution in [0.15, 0.2) is 24.0 Å². The standard InChI is InChI=1S/C14H22O2/c1-5-6-13-15-10(2)11-9-14(3,4)8-7-12(11)16-13/h5-7,10-11,13H,8-9H2,1-4H3. The summed E-state index contributed by atoms with van der Waals surface area (Å²) in [6.45, 7) is 8.76. The summed E-state index contributed by atoms with van der Waals surface area (Å²) in [6, 6.07) is 0. The molecule has 0 saturated carbocycles. The topological polar surface area (TPSA) is 18.5 Å². The van der Waals surface area contributed by atoms with Crippen LogP contribution in [0.1, 0.15) is 40.5 Å². The van der Waals surface area contributed by atoms with E-state index in [1.54, 1.807) is 0 Å². The van der Waals surface area contributed by atoms with Gasteiger partial charge >= 0.3 is 0 Å². The first-order valence-electron chi connectivity index (χ1n) is 6.17. The Morgan fingerprint density at radius 3 is 2.88 bits per heavy atom. The van der Waals surface area contributed by atoms with Gasteiger partial charge in [0.1, 0.15) is 5.76 Å². The smallest absolute Gasteiger partial charge is 0.219 e. The first-order chi connectivity index (χ1) is 7.52. The van der Waals surface area contributed by atoms with Crippen LogP contribution in [0, 0.1) is 11.3 Å². The lowest BCUT2D eigenvalue weighted by Crippen LogP contribution is -2.40. The predicted octanol–water partition coefficient (Wildman–Crippen LogP) is 3.64. The van der Waals surface area contributed by atoms with Crippen LogP contribution in [0.4, 0.5) is 0 Å². The van der Waals surface area contributed by atoms with Crippen LogP contribution < -0.4 is 0 Å². The molecule has 1 saturated heterocycles. The van der Waals surface area contributed by atoms with Crippen molar-refractivity contribution >= 4 is 0 Å². The third kappa shape index (κ3) is 2.32. The zero-order valence-corrected chi connectivity index (χ0v) is 10.7. The fourth-order valence-corrected chi connectivity index (χ4v) is 2.55. The maximum Gasteiger partial charge on any atom is 0.219 e. The maximum atomic E-state index is 5.85. The number of ether oxygens (including phenoxy) is 2. The quantitative estimate of drug-likeness (QED) is 0.631. The molecule has 2 aliphatic rings. The van der Waals surface area contributed by atoms with Crippen molar-refractivity contribution in [3.8, 4) is 0 Å². The van der Waals surface area contributed by atoms with Gasteiger partial charge in [-0.1, -0.05) is 19.9 Å². The largest absolute Gasteiger partial charge is 0.466 e. The molecule has 0 aromatic heterocycles. The van der Waals surface area contributed by atoms with Crippen molar-refractivity contribution in [2.75, 3.05) is 0 Å². The van der Waals surface area contributed by atoms with Crippen LogP contribution >= 0.6 is 0 Å². The molecule has 1 fully saturated rings. The van der Waals surface area contributed by atoms with Crippen molar-refractivity contribution in [1.29, 1.82) is 0 Å². The van der Waals surface area contributed by atoms with Crippen molar-refractivity contribution in [3.63, 3.8) is 0 Å². The van der Waals surface area contributed by atoms with Crippen molar-refractivity contribution in [2.24, 2.45) is 11.3 Å². The number of fused-ring (bicyclic) bond motifs is 1. The third-order valence-electron chi connectivity index (χ3n) is 3.51. The van der Waals surface area contributed by atoms with Crippen molar-refractivity contribution in [2.45, 2.75) is 52.9 Å². The van der Waals surface area contributed by atoms with Gasteiger partial charge in [0.25, 0.3) is 0 Å². The van der Waals surface area contributed by atoms with E-state index >= 15 is 0 Å². The molecule has 1 aliphatic carbocycles. The molecule has 0 aromatic rings. The fraction of sp³-hybridized carbons (Fsp3) is 0.714. The Hall–Kier alpha value is -0.760. The van der Waals surface area contributed by atoms with Gasteiger partial charge in [0, 0.05) is 5.92 Å².